The van der Waals surface area contributed by atoms with Crippen LogP contribution in [-0.2, 0) is 11.3 Å². The van der Waals surface area contributed by atoms with E-state index in [0.29, 0.717) is 61.8 Å². The average Bonchev–Trinajstić information content (AvgIpc) is 3.52. The average molecular weight is 566 g/mol. The van der Waals surface area contributed by atoms with Crippen molar-refractivity contribution in [3.8, 4) is 29.1 Å². The number of ether oxygens (including phenoxy) is 2. The molecule has 0 radical (unpaired) electrons. The normalized spacial score (nSPS) is 14.5. The van der Waals surface area contributed by atoms with Crippen molar-refractivity contribution in [2.75, 3.05) is 6.61 Å². The summed E-state index contributed by atoms with van der Waals surface area (Å²) >= 11 is 13.1. The number of nitriles is 1. The van der Waals surface area contributed by atoms with Gasteiger partial charge in [-0.3, -0.25) is 4.79 Å². The van der Waals surface area contributed by atoms with Crippen molar-refractivity contribution in [3.05, 3.63) is 63.9 Å². The minimum Gasteiger partial charge on any atom is -0.492 e. The summed E-state index contributed by atoms with van der Waals surface area (Å²) in [5.41, 5.74) is 2.43. The van der Waals surface area contributed by atoms with E-state index in [0.717, 1.165) is 12.8 Å². The molecule has 1 aliphatic rings. The third-order valence-corrected chi connectivity index (χ3v) is 7.37. The number of aliphatic carboxylic acids is 1. The number of nitrogens with zero attached hydrogens (tertiary/aromatic N) is 5. The second-order valence-corrected chi connectivity index (χ2v) is 10.6. The smallest absolute Gasteiger partial charge is 0.306 e. The molecule has 2 aromatic carbocycles. The summed E-state index contributed by atoms with van der Waals surface area (Å²) < 4.78 is 13.9. The van der Waals surface area contributed by atoms with E-state index >= 15 is 0 Å². The number of carboxylic acid groups (broad SMARTS) is 1. The van der Waals surface area contributed by atoms with Crippen molar-refractivity contribution < 1.29 is 19.4 Å². The van der Waals surface area contributed by atoms with Crippen LogP contribution in [0.3, 0.4) is 0 Å². The summed E-state index contributed by atoms with van der Waals surface area (Å²) in [6.45, 7) is 4.07. The fourth-order valence-corrected chi connectivity index (χ4v) is 4.55. The molecular weight excluding hydrogens is 541 g/mol. The molecule has 0 aliphatic heterocycles. The zero-order valence-corrected chi connectivity index (χ0v) is 22.8. The number of hydrogen-bond acceptors (Lipinski definition) is 7. The number of halogens is 2. The Kier molecular flexibility index (Phi) is 7.34. The fraction of sp³-hybridized carbons (Fsp3) is 0.321. The topological polar surface area (TPSA) is 123 Å². The lowest BCUT2D eigenvalue weighted by molar-refractivity contribution is -0.141. The third kappa shape index (κ3) is 5.63. The molecule has 0 bridgehead atoms. The van der Waals surface area contributed by atoms with Crippen molar-refractivity contribution in [1.29, 1.82) is 5.26 Å². The predicted octanol–water partition coefficient (Wildman–Crippen LogP) is 6.14. The van der Waals surface area contributed by atoms with Gasteiger partial charge in [-0.2, -0.15) is 10.2 Å². The Balaban J connectivity index is 1.61. The summed E-state index contributed by atoms with van der Waals surface area (Å²) in [6.07, 6.45) is 3.60. The zero-order valence-electron chi connectivity index (χ0n) is 21.3. The van der Waals surface area contributed by atoms with E-state index in [1.54, 1.807) is 37.3 Å². The van der Waals surface area contributed by atoms with Crippen molar-refractivity contribution in [1.82, 2.24) is 19.5 Å². The van der Waals surface area contributed by atoms with Crippen molar-refractivity contribution >= 4 is 40.3 Å². The molecule has 1 atom stereocenters. The number of rotatable bonds is 10. The van der Waals surface area contributed by atoms with E-state index in [-0.39, 0.29) is 18.8 Å². The number of fused-ring (bicyclic) bond motifs is 1. The van der Waals surface area contributed by atoms with Crippen molar-refractivity contribution in [2.24, 2.45) is 5.92 Å². The van der Waals surface area contributed by atoms with Crippen LogP contribution in [0.4, 0.5) is 0 Å². The molecule has 39 heavy (non-hydrogen) atoms. The Morgan fingerprint density at radius 3 is 2.77 bits per heavy atom. The summed E-state index contributed by atoms with van der Waals surface area (Å²) in [7, 11) is 0. The maximum absolute atomic E-state index is 11.2. The molecule has 5 rings (SSSR count). The van der Waals surface area contributed by atoms with Gasteiger partial charge in [-0.15, -0.1) is 0 Å². The van der Waals surface area contributed by atoms with Gasteiger partial charge >= 0.3 is 5.97 Å². The second-order valence-electron chi connectivity index (χ2n) is 9.83. The Labute approximate surface area is 234 Å². The highest BCUT2D eigenvalue weighted by Gasteiger charge is 2.41. The van der Waals surface area contributed by atoms with Gasteiger partial charge in [-0.1, -0.05) is 36.2 Å². The van der Waals surface area contributed by atoms with Crippen LogP contribution in [0.2, 0.25) is 10.0 Å². The monoisotopic (exact) mass is 565 g/mol. The molecule has 1 fully saturated rings. The minimum absolute atomic E-state index is 0.184. The molecule has 4 aromatic rings. The molecule has 0 amide bonds. The van der Waals surface area contributed by atoms with Crippen LogP contribution >= 0.6 is 23.2 Å². The Morgan fingerprint density at radius 1 is 1.26 bits per heavy atom. The highest BCUT2D eigenvalue weighted by atomic mass is 35.5. The number of benzene rings is 2. The molecule has 0 spiro atoms. The van der Waals surface area contributed by atoms with E-state index in [2.05, 4.69) is 16.0 Å². The number of carboxylic acids is 1. The zero-order chi connectivity index (χ0) is 27.7. The molecule has 1 aliphatic carbocycles. The van der Waals surface area contributed by atoms with Crippen LogP contribution in [0.25, 0.3) is 22.6 Å². The highest BCUT2D eigenvalue weighted by Crippen LogP contribution is 2.42. The van der Waals surface area contributed by atoms with E-state index in [1.165, 1.54) is 6.33 Å². The van der Waals surface area contributed by atoms with Crippen LogP contribution < -0.4 is 9.47 Å². The standard InChI is InChI=1S/C28H25Cl2N5O4/c1-16(27(36)37)8-11-38-21-5-3-4-20(22(21)30)24-34-23-25(32-15-33-26(23)39-28(2)9-10-28)35(24)14-18-12-19(29)7-6-17(18)13-31/h3-7,12,15-16H,8-11,14H2,1-2H3,(H,36,37)/t16-/m1/s1. The van der Waals surface area contributed by atoms with E-state index in [1.807, 2.05) is 17.6 Å². The van der Waals surface area contributed by atoms with Gasteiger partial charge in [0.15, 0.2) is 11.2 Å². The molecule has 0 unspecified atom stereocenters. The van der Waals surface area contributed by atoms with Gasteiger partial charge in [0.25, 0.3) is 0 Å². The van der Waals surface area contributed by atoms with Gasteiger partial charge in [0.1, 0.15) is 23.5 Å². The van der Waals surface area contributed by atoms with Gasteiger partial charge in [-0.25, -0.2) is 9.97 Å². The highest BCUT2D eigenvalue weighted by molar-refractivity contribution is 6.34. The fourth-order valence-electron chi connectivity index (χ4n) is 4.09. The van der Waals surface area contributed by atoms with Gasteiger partial charge in [0, 0.05) is 10.6 Å². The molecule has 2 aromatic heterocycles. The molecule has 2 heterocycles. The molecule has 11 heteroatoms. The Bertz CT molecular complexity index is 1610. The van der Waals surface area contributed by atoms with Crippen LogP contribution in [0.5, 0.6) is 11.6 Å². The predicted molar refractivity (Wildman–Crippen MR) is 146 cm³/mol. The van der Waals surface area contributed by atoms with E-state index in [9.17, 15) is 10.1 Å². The molecule has 0 saturated heterocycles. The molecule has 9 nitrogen and oxygen atoms in total. The first kappa shape index (κ1) is 26.7. The molecular formula is C28H25Cl2N5O4. The van der Waals surface area contributed by atoms with E-state index < -0.39 is 11.9 Å². The summed E-state index contributed by atoms with van der Waals surface area (Å²) in [5.74, 6) is -0.177. The van der Waals surface area contributed by atoms with Crippen LogP contribution in [0, 0.1) is 17.2 Å². The maximum Gasteiger partial charge on any atom is 0.306 e. The van der Waals surface area contributed by atoms with Gasteiger partial charge < -0.3 is 19.1 Å². The first-order chi connectivity index (χ1) is 18.7. The molecule has 200 valence electrons. The van der Waals surface area contributed by atoms with Crippen LogP contribution in [0.15, 0.2) is 42.7 Å². The van der Waals surface area contributed by atoms with Crippen LogP contribution in [0.1, 0.15) is 44.2 Å². The molecule has 1 N–H and O–H groups in total. The summed E-state index contributed by atoms with van der Waals surface area (Å²) in [4.78, 5) is 24.9. The number of carbonyl (C=O) groups is 1. The largest absolute Gasteiger partial charge is 0.492 e. The Hall–Kier alpha value is -3.87. The lowest BCUT2D eigenvalue weighted by Gasteiger charge is -2.14. The third-order valence-electron chi connectivity index (χ3n) is 6.75. The van der Waals surface area contributed by atoms with Crippen molar-refractivity contribution in [3.63, 3.8) is 0 Å². The molecule has 1 saturated carbocycles. The summed E-state index contributed by atoms with van der Waals surface area (Å²) in [6, 6.07) is 12.6. The van der Waals surface area contributed by atoms with Gasteiger partial charge in [-0.05, 0) is 62.1 Å². The van der Waals surface area contributed by atoms with Crippen molar-refractivity contribution in [2.45, 2.75) is 45.3 Å². The first-order valence-electron chi connectivity index (χ1n) is 12.4. The maximum atomic E-state index is 11.2. The SMILES string of the molecule is C[C@H](CCOc1cccc(-c2nc3c(OC4(C)CC4)ncnc3n2Cc2cc(Cl)ccc2C#N)c1Cl)C(=O)O. The summed E-state index contributed by atoms with van der Waals surface area (Å²) in [5, 5.41) is 19.7. The Morgan fingerprint density at radius 2 is 2.05 bits per heavy atom. The second kappa shape index (κ2) is 10.7. The number of hydrogen-bond donors (Lipinski definition) is 1. The number of imidazole rings is 1. The lowest BCUT2D eigenvalue weighted by Crippen LogP contribution is -2.13. The lowest BCUT2D eigenvalue weighted by atomic mass is 10.1. The first-order valence-corrected chi connectivity index (χ1v) is 13.2. The van der Waals surface area contributed by atoms with Gasteiger partial charge in [0.05, 0.1) is 35.7 Å². The van der Waals surface area contributed by atoms with Crippen LogP contribution in [-0.4, -0.2) is 42.8 Å². The minimum atomic E-state index is -0.885. The quantitative estimate of drug-likeness (QED) is 0.243. The van der Waals surface area contributed by atoms with E-state index in [4.69, 9.17) is 42.8 Å². The van der Waals surface area contributed by atoms with Gasteiger partial charge in [0.2, 0.25) is 5.88 Å². The number of aromatic nitrogens is 4.